The molecule has 0 saturated carbocycles. The van der Waals surface area contributed by atoms with Gasteiger partial charge in [0.05, 0.1) is 0 Å². The predicted molar refractivity (Wildman–Crippen MR) is 66.0 cm³/mol. The molecule has 2 heterocycles. The Morgan fingerprint density at radius 2 is 1.52 bits per heavy atom. The smallest absolute Gasteiger partial charge is 0.200 e. The molecule has 1 aromatic carbocycles. The normalized spacial score (nSPS) is 26.1. The average molecular weight is 306 g/mol. The van der Waals surface area contributed by atoms with Gasteiger partial charge in [-0.05, 0) is 25.3 Å². The largest absolute Gasteiger partial charge is 0.312 e. The number of likely N-dealkylation sites (tertiary alicyclic amines) is 1. The summed E-state index contributed by atoms with van der Waals surface area (Å²) in [7, 11) is 0. The van der Waals surface area contributed by atoms with Crippen molar-refractivity contribution < 1.29 is 22.0 Å². The van der Waals surface area contributed by atoms with Crippen molar-refractivity contribution >= 4 is 0 Å². The highest BCUT2D eigenvalue weighted by atomic mass is 19.2. The van der Waals surface area contributed by atoms with Crippen molar-refractivity contribution in [1.82, 2.24) is 10.2 Å². The van der Waals surface area contributed by atoms with E-state index >= 15 is 0 Å². The highest BCUT2D eigenvalue weighted by Crippen LogP contribution is 2.29. The summed E-state index contributed by atoms with van der Waals surface area (Å²) in [5.41, 5.74) is -0.745. The van der Waals surface area contributed by atoms with Crippen LogP contribution in [0.25, 0.3) is 0 Å². The van der Waals surface area contributed by atoms with Gasteiger partial charge in [-0.3, -0.25) is 4.90 Å². The van der Waals surface area contributed by atoms with E-state index in [2.05, 4.69) is 5.32 Å². The Morgan fingerprint density at radius 1 is 0.905 bits per heavy atom. The fourth-order valence-electron chi connectivity index (χ4n) is 3.28. The van der Waals surface area contributed by atoms with E-state index in [0.29, 0.717) is 19.0 Å². The van der Waals surface area contributed by atoms with Gasteiger partial charge in [-0.25, -0.2) is 22.0 Å². The maximum Gasteiger partial charge on any atom is 0.200 e. The van der Waals surface area contributed by atoms with Crippen LogP contribution in [0.4, 0.5) is 22.0 Å². The van der Waals surface area contributed by atoms with Crippen molar-refractivity contribution in [3.8, 4) is 0 Å². The molecule has 2 aliphatic heterocycles. The van der Waals surface area contributed by atoms with E-state index in [9.17, 15) is 22.0 Å². The lowest BCUT2D eigenvalue weighted by Crippen LogP contribution is -2.40. The van der Waals surface area contributed by atoms with Crippen molar-refractivity contribution in [1.29, 1.82) is 0 Å². The molecule has 0 spiro atoms. The van der Waals surface area contributed by atoms with Gasteiger partial charge in [0.2, 0.25) is 5.82 Å². The summed E-state index contributed by atoms with van der Waals surface area (Å²) in [4.78, 5) is 1.74. The molecule has 3 rings (SSSR count). The quantitative estimate of drug-likeness (QED) is 0.513. The van der Waals surface area contributed by atoms with Gasteiger partial charge in [0.1, 0.15) is 0 Å². The lowest BCUT2D eigenvalue weighted by molar-refractivity contribution is 0.290. The number of benzene rings is 1. The molecule has 1 N–H and O–H groups in total. The minimum atomic E-state index is -2.11. The zero-order chi connectivity index (χ0) is 15.1. The zero-order valence-electron chi connectivity index (χ0n) is 11.2. The molecule has 116 valence electrons. The molecule has 0 bridgehead atoms. The molecule has 2 nitrogen and oxygen atoms in total. The molecule has 21 heavy (non-hydrogen) atoms. The Labute approximate surface area is 118 Å². The standard InChI is InChI=1S/C14H15F5N2/c15-10-8(11(16)13(18)14(19)12(10)17)5-21-4-7-2-1-3-20-9(7)6-21/h7,9,20H,1-6H2/t7-,9+/m0/s1. The second-order valence-electron chi connectivity index (χ2n) is 5.71. The van der Waals surface area contributed by atoms with Crippen molar-refractivity contribution in [2.45, 2.75) is 25.4 Å². The molecular formula is C14H15F5N2. The van der Waals surface area contributed by atoms with Crippen LogP contribution in [0, 0.1) is 35.0 Å². The molecule has 2 atom stereocenters. The first-order chi connectivity index (χ1) is 9.99. The number of piperidine rings is 1. The van der Waals surface area contributed by atoms with Gasteiger partial charge in [-0.15, -0.1) is 0 Å². The van der Waals surface area contributed by atoms with Crippen LogP contribution in [0.2, 0.25) is 0 Å². The van der Waals surface area contributed by atoms with Crippen molar-refractivity contribution in [3.05, 3.63) is 34.6 Å². The fourth-order valence-corrected chi connectivity index (χ4v) is 3.28. The van der Waals surface area contributed by atoms with E-state index in [0.717, 1.165) is 19.4 Å². The van der Waals surface area contributed by atoms with Gasteiger partial charge in [0.15, 0.2) is 23.3 Å². The molecule has 7 heteroatoms. The minimum Gasteiger partial charge on any atom is -0.312 e. The maximum absolute atomic E-state index is 13.7. The summed E-state index contributed by atoms with van der Waals surface area (Å²) in [6.07, 6.45) is 2.06. The van der Waals surface area contributed by atoms with Gasteiger partial charge in [-0.2, -0.15) is 0 Å². The lowest BCUT2D eigenvalue weighted by atomic mass is 9.94. The van der Waals surface area contributed by atoms with Crippen molar-refractivity contribution in [2.75, 3.05) is 19.6 Å². The first-order valence-corrected chi connectivity index (χ1v) is 6.95. The van der Waals surface area contributed by atoms with E-state index in [1.165, 1.54) is 0 Å². The Morgan fingerprint density at radius 3 is 2.14 bits per heavy atom. The van der Waals surface area contributed by atoms with Crippen LogP contribution in [0.1, 0.15) is 18.4 Å². The first kappa shape index (κ1) is 14.7. The highest BCUT2D eigenvalue weighted by molar-refractivity contribution is 5.24. The summed E-state index contributed by atoms with van der Waals surface area (Å²) < 4.78 is 66.7. The molecule has 2 aliphatic rings. The Kier molecular flexibility index (Phi) is 3.88. The molecule has 0 aromatic heterocycles. The zero-order valence-corrected chi connectivity index (χ0v) is 11.2. The third kappa shape index (κ3) is 2.53. The van der Waals surface area contributed by atoms with E-state index in [1.807, 2.05) is 0 Å². The maximum atomic E-state index is 13.7. The molecular weight excluding hydrogens is 291 g/mol. The molecule has 0 radical (unpaired) electrons. The Bertz CT molecular complexity index is 520. The molecule has 2 saturated heterocycles. The molecule has 0 unspecified atom stereocenters. The summed E-state index contributed by atoms with van der Waals surface area (Å²) in [5, 5.41) is 3.32. The van der Waals surface area contributed by atoms with E-state index < -0.39 is 34.6 Å². The number of fused-ring (bicyclic) bond motifs is 1. The number of hydrogen-bond donors (Lipinski definition) is 1. The van der Waals surface area contributed by atoms with Crippen LogP contribution >= 0.6 is 0 Å². The minimum absolute atomic E-state index is 0.236. The number of nitrogens with zero attached hydrogens (tertiary/aromatic N) is 1. The summed E-state index contributed by atoms with van der Waals surface area (Å²) in [6, 6.07) is 0.236. The topological polar surface area (TPSA) is 15.3 Å². The van der Waals surface area contributed by atoms with Crippen LogP contribution in [-0.4, -0.2) is 30.6 Å². The van der Waals surface area contributed by atoms with E-state index in [1.54, 1.807) is 4.90 Å². The van der Waals surface area contributed by atoms with Crippen LogP contribution in [-0.2, 0) is 6.54 Å². The van der Waals surface area contributed by atoms with Crippen LogP contribution in [0.5, 0.6) is 0 Å². The van der Waals surface area contributed by atoms with Crippen LogP contribution in [0.15, 0.2) is 0 Å². The number of hydrogen-bond acceptors (Lipinski definition) is 2. The monoisotopic (exact) mass is 306 g/mol. The molecule has 0 aliphatic carbocycles. The molecule has 2 fully saturated rings. The third-order valence-electron chi connectivity index (χ3n) is 4.36. The second-order valence-corrected chi connectivity index (χ2v) is 5.71. The van der Waals surface area contributed by atoms with E-state index in [-0.39, 0.29) is 12.6 Å². The molecule has 1 aromatic rings. The van der Waals surface area contributed by atoms with Gasteiger partial charge in [-0.1, -0.05) is 0 Å². The highest BCUT2D eigenvalue weighted by Gasteiger charge is 2.35. The van der Waals surface area contributed by atoms with Crippen LogP contribution in [0.3, 0.4) is 0 Å². The van der Waals surface area contributed by atoms with Crippen LogP contribution < -0.4 is 5.32 Å². The first-order valence-electron chi connectivity index (χ1n) is 6.95. The lowest BCUT2D eigenvalue weighted by Gasteiger charge is -2.24. The molecule has 0 amide bonds. The Hall–Kier alpha value is -1.21. The fraction of sp³-hybridized carbons (Fsp3) is 0.571. The summed E-state index contributed by atoms with van der Waals surface area (Å²) >= 11 is 0. The summed E-state index contributed by atoms with van der Waals surface area (Å²) in [6.45, 7) is 1.80. The van der Waals surface area contributed by atoms with Gasteiger partial charge in [0, 0.05) is 31.2 Å². The number of rotatable bonds is 2. The van der Waals surface area contributed by atoms with Gasteiger partial charge >= 0.3 is 0 Å². The van der Waals surface area contributed by atoms with Gasteiger partial charge in [0.25, 0.3) is 0 Å². The predicted octanol–water partition coefficient (Wildman–Crippen LogP) is 2.57. The summed E-state index contributed by atoms with van der Waals surface area (Å²) in [5.74, 6) is -8.94. The van der Waals surface area contributed by atoms with Gasteiger partial charge < -0.3 is 5.32 Å². The second kappa shape index (κ2) is 5.53. The average Bonchev–Trinajstić information content (AvgIpc) is 2.90. The van der Waals surface area contributed by atoms with Crippen molar-refractivity contribution in [3.63, 3.8) is 0 Å². The Balaban J connectivity index is 1.83. The SMILES string of the molecule is Fc1c(F)c(F)c(CN2C[C@@H]3CCCN[C@@H]3C2)c(F)c1F. The number of nitrogens with one attached hydrogen (secondary N) is 1. The number of halogens is 5. The van der Waals surface area contributed by atoms with E-state index in [4.69, 9.17) is 0 Å². The van der Waals surface area contributed by atoms with Crippen molar-refractivity contribution in [2.24, 2.45) is 5.92 Å². The third-order valence-corrected chi connectivity index (χ3v) is 4.36.